The lowest BCUT2D eigenvalue weighted by Gasteiger charge is -2.20. The predicted octanol–water partition coefficient (Wildman–Crippen LogP) is 4.25. The van der Waals surface area contributed by atoms with Gasteiger partial charge in [0.1, 0.15) is 12.3 Å². The summed E-state index contributed by atoms with van der Waals surface area (Å²) in [5.41, 5.74) is 1.72. The van der Waals surface area contributed by atoms with Crippen molar-refractivity contribution in [2.24, 2.45) is 0 Å². The van der Waals surface area contributed by atoms with Crippen LogP contribution in [-0.2, 0) is 16.8 Å². The van der Waals surface area contributed by atoms with E-state index < -0.39 is 24.1 Å². The molecule has 2 heterocycles. The Morgan fingerprint density at radius 3 is 2.31 bits per heavy atom. The van der Waals surface area contributed by atoms with Crippen molar-refractivity contribution in [1.82, 2.24) is 9.88 Å². The van der Waals surface area contributed by atoms with Crippen molar-refractivity contribution >= 4 is 17.6 Å². The van der Waals surface area contributed by atoms with Crippen molar-refractivity contribution in [2.45, 2.75) is 39.1 Å². The van der Waals surface area contributed by atoms with Gasteiger partial charge in [-0.25, -0.2) is 9.69 Å². The molecular weight excluding hydrogens is 387 g/mol. The molecular formula is C20H20F3N3O3. The summed E-state index contributed by atoms with van der Waals surface area (Å²) in [5, 5.41) is 0. The molecule has 29 heavy (non-hydrogen) atoms. The van der Waals surface area contributed by atoms with E-state index in [0.717, 1.165) is 28.3 Å². The average Bonchev–Trinajstić information content (AvgIpc) is 2.88. The van der Waals surface area contributed by atoms with E-state index in [1.807, 2.05) is 26.8 Å². The molecule has 3 rings (SSSR count). The highest BCUT2D eigenvalue weighted by Crippen LogP contribution is 2.28. The standard InChI is InChI=1S/C20H20F3N3O3/c1-19(2,3)16-10-13(8-9-24-16)11-25-12-17(27)26(18(25)28)14-4-6-15(7-5-14)29-20(21,22)23/h4-10H,11-12H2,1-3H3. The van der Waals surface area contributed by atoms with E-state index >= 15 is 0 Å². The minimum Gasteiger partial charge on any atom is -0.406 e. The smallest absolute Gasteiger partial charge is 0.406 e. The predicted molar refractivity (Wildman–Crippen MR) is 99.4 cm³/mol. The topological polar surface area (TPSA) is 62.7 Å². The second kappa shape index (κ2) is 7.38. The number of ether oxygens (including phenoxy) is 1. The molecule has 1 saturated heterocycles. The summed E-state index contributed by atoms with van der Waals surface area (Å²) in [7, 11) is 0. The number of pyridine rings is 1. The fraction of sp³-hybridized carbons (Fsp3) is 0.350. The van der Waals surface area contributed by atoms with Crippen LogP contribution in [0.25, 0.3) is 0 Å². The van der Waals surface area contributed by atoms with Crippen LogP contribution in [0, 0.1) is 0 Å². The molecule has 1 aliphatic heterocycles. The Morgan fingerprint density at radius 1 is 1.07 bits per heavy atom. The van der Waals surface area contributed by atoms with Crippen LogP contribution in [-0.4, -0.2) is 34.7 Å². The summed E-state index contributed by atoms with van der Waals surface area (Å²) in [6.45, 7) is 6.18. The maximum Gasteiger partial charge on any atom is 0.573 e. The molecule has 3 amide bonds. The second-order valence-electron chi connectivity index (χ2n) is 7.71. The molecule has 0 saturated carbocycles. The fourth-order valence-corrected chi connectivity index (χ4v) is 2.93. The van der Waals surface area contributed by atoms with Gasteiger partial charge in [-0.3, -0.25) is 9.78 Å². The van der Waals surface area contributed by atoms with Gasteiger partial charge < -0.3 is 9.64 Å². The van der Waals surface area contributed by atoms with Gasteiger partial charge in [-0.2, -0.15) is 0 Å². The molecule has 0 spiro atoms. The Labute approximate surface area is 165 Å². The summed E-state index contributed by atoms with van der Waals surface area (Å²) >= 11 is 0. The number of hydrogen-bond donors (Lipinski definition) is 0. The van der Waals surface area contributed by atoms with Gasteiger partial charge in [0.2, 0.25) is 0 Å². The largest absolute Gasteiger partial charge is 0.573 e. The van der Waals surface area contributed by atoms with E-state index in [0.29, 0.717) is 0 Å². The molecule has 154 valence electrons. The molecule has 1 aromatic carbocycles. The van der Waals surface area contributed by atoms with Crippen LogP contribution in [0.5, 0.6) is 5.75 Å². The number of rotatable bonds is 4. The molecule has 0 N–H and O–H groups in total. The highest BCUT2D eigenvalue weighted by Gasteiger charge is 2.37. The van der Waals surface area contributed by atoms with Crippen LogP contribution >= 0.6 is 0 Å². The van der Waals surface area contributed by atoms with Crippen LogP contribution in [0.3, 0.4) is 0 Å². The second-order valence-corrected chi connectivity index (χ2v) is 7.71. The summed E-state index contributed by atoms with van der Waals surface area (Å²) in [5.74, 6) is -0.881. The number of carbonyl (C=O) groups excluding carboxylic acids is 2. The zero-order chi connectivity index (χ0) is 21.4. The lowest BCUT2D eigenvalue weighted by Crippen LogP contribution is -2.32. The molecule has 2 aromatic rings. The maximum absolute atomic E-state index is 12.7. The monoisotopic (exact) mass is 407 g/mol. The summed E-state index contributed by atoms with van der Waals surface area (Å²) < 4.78 is 40.6. The first-order valence-electron chi connectivity index (χ1n) is 8.87. The maximum atomic E-state index is 12.7. The van der Waals surface area contributed by atoms with Gasteiger partial charge in [-0.15, -0.1) is 13.2 Å². The lowest BCUT2D eigenvalue weighted by atomic mass is 9.91. The number of amides is 3. The number of carbonyl (C=O) groups is 2. The first-order valence-corrected chi connectivity index (χ1v) is 8.87. The molecule has 1 fully saturated rings. The van der Waals surface area contributed by atoms with E-state index in [1.165, 1.54) is 17.0 Å². The van der Waals surface area contributed by atoms with Crippen LogP contribution in [0.15, 0.2) is 42.6 Å². The Morgan fingerprint density at radius 2 is 1.72 bits per heavy atom. The van der Waals surface area contributed by atoms with Gasteiger partial charge in [-0.05, 0) is 42.0 Å². The number of urea groups is 1. The molecule has 0 unspecified atom stereocenters. The van der Waals surface area contributed by atoms with Crippen molar-refractivity contribution < 1.29 is 27.5 Å². The van der Waals surface area contributed by atoms with Crippen LogP contribution in [0.4, 0.5) is 23.7 Å². The highest BCUT2D eigenvalue weighted by atomic mass is 19.4. The van der Waals surface area contributed by atoms with Crippen molar-refractivity contribution in [2.75, 3.05) is 11.4 Å². The van der Waals surface area contributed by atoms with E-state index in [-0.39, 0.29) is 24.2 Å². The highest BCUT2D eigenvalue weighted by molar-refractivity contribution is 6.19. The molecule has 0 bridgehead atoms. The van der Waals surface area contributed by atoms with Gasteiger partial charge in [0.15, 0.2) is 0 Å². The van der Waals surface area contributed by atoms with Gasteiger partial charge >= 0.3 is 12.4 Å². The zero-order valence-electron chi connectivity index (χ0n) is 16.2. The molecule has 0 aliphatic carbocycles. The number of nitrogens with zero attached hydrogens (tertiary/aromatic N) is 3. The lowest BCUT2D eigenvalue weighted by molar-refractivity contribution is -0.274. The first kappa shape index (κ1) is 20.6. The Hall–Kier alpha value is -3.10. The average molecular weight is 407 g/mol. The van der Waals surface area contributed by atoms with E-state index in [2.05, 4.69) is 9.72 Å². The third kappa shape index (κ3) is 4.85. The SMILES string of the molecule is CC(C)(C)c1cc(CN2CC(=O)N(c3ccc(OC(F)(F)F)cc3)C2=O)ccn1. The minimum absolute atomic E-state index is 0.118. The normalized spacial score (nSPS) is 15.2. The van der Waals surface area contributed by atoms with Crippen LogP contribution < -0.4 is 9.64 Å². The van der Waals surface area contributed by atoms with E-state index in [1.54, 1.807) is 12.3 Å². The third-order valence-corrected chi connectivity index (χ3v) is 4.33. The van der Waals surface area contributed by atoms with Gasteiger partial charge in [0, 0.05) is 23.9 Å². The Kier molecular flexibility index (Phi) is 5.25. The van der Waals surface area contributed by atoms with Gasteiger partial charge in [0.05, 0.1) is 5.69 Å². The van der Waals surface area contributed by atoms with Gasteiger partial charge in [0.25, 0.3) is 5.91 Å². The number of alkyl halides is 3. The number of anilines is 1. The molecule has 1 aliphatic rings. The van der Waals surface area contributed by atoms with E-state index in [4.69, 9.17) is 0 Å². The zero-order valence-corrected chi connectivity index (χ0v) is 16.2. The van der Waals surface area contributed by atoms with Crippen LogP contribution in [0.2, 0.25) is 0 Å². The van der Waals surface area contributed by atoms with Crippen molar-refractivity contribution in [3.05, 3.63) is 53.9 Å². The fourth-order valence-electron chi connectivity index (χ4n) is 2.93. The number of aromatic nitrogens is 1. The summed E-state index contributed by atoms with van der Waals surface area (Å²) in [6, 6.07) is 7.74. The molecule has 9 heteroatoms. The minimum atomic E-state index is -4.81. The van der Waals surface area contributed by atoms with Crippen molar-refractivity contribution in [3.63, 3.8) is 0 Å². The molecule has 0 radical (unpaired) electrons. The number of imide groups is 1. The van der Waals surface area contributed by atoms with Crippen molar-refractivity contribution in [3.8, 4) is 5.75 Å². The quantitative estimate of drug-likeness (QED) is 0.711. The Bertz CT molecular complexity index is 921. The van der Waals surface area contributed by atoms with Crippen LogP contribution in [0.1, 0.15) is 32.0 Å². The summed E-state index contributed by atoms with van der Waals surface area (Å²) in [6.07, 6.45) is -3.15. The number of hydrogen-bond acceptors (Lipinski definition) is 4. The summed E-state index contributed by atoms with van der Waals surface area (Å²) in [4.78, 5) is 31.8. The van der Waals surface area contributed by atoms with Crippen molar-refractivity contribution in [1.29, 1.82) is 0 Å². The molecule has 0 atom stereocenters. The molecule has 6 nitrogen and oxygen atoms in total. The van der Waals surface area contributed by atoms with E-state index in [9.17, 15) is 22.8 Å². The first-order chi connectivity index (χ1) is 13.4. The van der Waals surface area contributed by atoms with Gasteiger partial charge in [-0.1, -0.05) is 20.8 Å². The Balaban J connectivity index is 1.75. The third-order valence-electron chi connectivity index (χ3n) is 4.33. The molecule has 1 aromatic heterocycles. The number of benzene rings is 1. The number of halogens is 3.